The second-order valence-corrected chi connectivity index (χ2v) is 6.20. The van der Waals surface area contributed by atoms with Gasteiger partial charge in [0.2, 0.25) is 0 Å². The Kier molecular flexibility index (Phi) is 3.76. The van der Waals surface area contributed by atoms with Gasteiger partial charge in [-0.1, -0.05) is 12.1 Å². The minimum Gasteiger partial charge on any atom is -0.376 e. The van der Waals surface area contributed by atoms with Gasteiger partial charge >= 0.3 is 0 Å². The van der Waals surface area contributed by atoms with E-state index in [1.54, 1.807) is 18.5 Å². The van der Waals surface area contributed by atoms with Crippen LogP contribution in [0.15, 0.2) is 30.6 Å². The summed E-state index contributed by atoms with van der Waals surface area (Å²) in [4.78, 5) is 4.44. The first-order valence-corrected chi connectivity index (χ1v) is 7.30. The van der Waals surface area contributed by atoms with E-state index in [9.17, 15) is 4.39 Å². The highest BCUT2D eigenvalue weighted by molar-refractivity contribution is 5.17. The van der Waals surface area contributed by atoms with Crippen LogP contribution in [-0.2, 0) is 11.3 Å². The zero-order chi connectivity index (χ0) is 14.9. The van der Waals surface area contributed by atoms with Crippen LogP contribution >= 0.6 is 0 Å². The Labute approximate surface area is 124 Å². The summed E-state index contributed by atoms with van der Waals surface area (Å²) < 4.78 is 20.7. The number of rotatable bonds is 3. The first-order valence-electron chi connectivity index (χ1n) is 7.30. The SMILES string of the molecule is CC1(C)C[C@@H](c2ncnn2Cc2ccc(F)cc2)CCO1. The number of nitrogens with zero attached hydrogens (tertiary/aromatic N) is 3. The van der Waals surface area contributed by atoms with Crippen LogP contribution < -0.4 is 0 Å². The van der Waals surface area contributed by atoms with Crippen LogP contribution in [0, 0.1) is 5.82 Å². The lowest BCUT2D eigenvalue weighted by Crippen LogP contribution is -2.34. The van der Waals surface area contributed by atoms with Crippen molar-refractivity contribution in [2.24, 2.45) is 0 Å². The molecule has 1 atom stereocenters. The van der Waals surface area contributed by atoms with E-state index in [-0.39, 0.29) is 11.4 Å². The van der Waals surface area contributed by atoms with Crippen molar-refractivity contribution in [3.8, 4) is 0 Å². The lowest BCUT2D eigenvalue weighted by atomic mass is 9.88. The summed E-state index contributed by atoms with van der Waals surface area (Å²) in [6.07, 6.45) is 3.50. The Balaban J connectivity index is 1.79. The van der Waals surface area contributed by atoms with Gasteiger partial charge in [0.25, 0.3) is 0 Å². The third-order valence-corrected chi connectivity index (χ3v) is 3.95. The van der Waals surface area contributed by atoms with Gasteiger partial charge in [-0.3, -0.25) is 0 Å². The summed E-state index contributed by atoms with van der Waals surface area (Å²) in [5, 5.41) is 4.33. The fourth-order valence-electron chi connectivity index (χ4n) is 2.93. The standard InChI is InChI=1S/C16H20FN3O/c1-16(2)9-13(7-8-21-16)15-18-11-19-20(15)10-12-3-5-14(17)6-4-12/h3-6,11,13H,7-10H2,1-2H3/t13-/m0/s1. The molecular weight excluding hydrogens is 269 g/mol. The Hall–Kier alpha value is -1.75. The molecule has 0 N–H and O–H groups in total. The minimum atomic E-state index is -0.219. The van der Waals surface area contributed by atoms with Gasteiger partial charge in [0.15, 0.2) is 0 Å². The van der Waals surface area contributed by atoms with Gasteiger partial charge in [0.1, 0.15) is 18.0 Å². The maximum Gasteiger partial charge on any atom is 0.138 e. The Bertz CT molecular complexity index is 606. The monoisotopic (exact) mass is 289 g/mol. The van der Waals surface area contributed by atoms with Gasteiger partial charge in [0, 0.05) is 12.5 Å². The number of hydrogen-bond acceptors (Lipinski definition) is 3. The molecule has 5 heteroatoms. The van der Waals surface area contributed by atoms with Crippen LogP contribution in [0.5, 0.6) is 0 Å². The van der Waals surface area contributed by atoms with Gasteiger partial charge in [-0.2, -0.15) is 5.10 Å². The molecule has 0 bridgehead atoms. The largest absolute Gasteiger partial charge is 0.376 e. The van der Waals surface area contributed by atoms with Gasteiger partial charge in [0.05, 0.1) is 12.1 Å². The first kappa shape index (κ1) is 14.2. The van der Waals surface area contributed by atoms with E-state index in [4.69, 9.17) is 4.74 Å². The van der Waals surface area contributed by atoms with Gasteiger partial charge in [-0.15, -0.1) is 0 Å². The molecule has 0 amide bonds. The molecule has 0 unspecified atom stereocenters. The van der Waals surface area contributed by atoms with Gasteiger partial charge in [-0.25, -0.2) is 14.1 Å². The smallest absolute Gasteiger partial charge is 0.138 e. The van der Waals surface area contributed by atoms with Crippen molar-refractivity contribution in [2.45, 2.75) is 44.8 Å². The molecule has 0 saturated carbocycles. The Morgan fingerprint density at radius 2 is 2.10 bits per heavy atom. The van der Waals surface area contributed by atoms with E-state index in [2.05, 4.69) is 23.9 Å². The highest BCUT2D eigenvalue weighted by atomic mass is 19.1. The molecule has 0 spiro atoms. The third-order valence-electron chi connectivity index (χ3n) is 3.95. The molecule has 1 saturated heterocycles. The second kappa shape index (κ2) is 5.56. The van der Waals surface area contributed by atoms with E-state index in [1.165, 1.54) is 12.1 Å². The van der Waals surface area contributed by atoms with Crippen molar-refractivity contribution in [3.63, 3.8) is 0 Å². The van der Waals surface area contributed by atoms with E-state index in [0.29, 0.717) is 12.5 Å². The molecule has 1 aromatic carbocycles. The van der Waals surface area contributed by atoms with Crippen molar-refractivity contribution in [1.82, 2.24) is 14.8 Å². The normalized spacial score (nSPS) is 21.4. The van der Waals surface area contributed by atoms with Crippen LogP contribution in [0.3, 0.4) is 0 Å². The zero-order valence-electron chi connectivity index (χ0n) is 12.4. The van der Waals surface area contributed by atoms with Crippen molar-refractivity contribution in [2.75, 3.05) is 6.61 Å². The topological polar surface area (TPSA) is 39.9 Å². The molecule has 0 aliphatic carbocycles. The Morgan fingerprint density at radius 1 is 1.33 bits per heavy atom. The number of ether oxygens (including phenoxy) is 1. The number of hydrogen-bond donors (Lipinski definition) is 0. The molecule has 1 aliphatic rings. The second-order valence-electron chi connectivity index (χ2n) is 6.20. The molecule has 2 aromatic rings. The molecule has 112 valence electrons. The third kappa shape index (κ3) is 3.29. The molecule has 2 heterocycles. The molecule has 4 nitrogen and oxygen atoms in total. The van der Waals surface area contributed by atoms with Gasteiger partial charge in [-0.05, 0) is 44.4 Å². The summed E-state index contributed by atoms with van der Waals surface area (Å²) >= 11 is 0. The molecule has 1 aromatic heterocycles. The van der Waals surface area contributed by atoms with Crippen LogP contribution in [0.4, 0.5) is 4.39 Å². The first-order chi connectivity index (χ1) is 10.0. The molecular formula is C16H20FN3O. The summed E-state index contributed by atoms with van der Waals surface area (Å²) in [7, 11) is 0. The average Bonchev–Trinajstić information content (AvgIpc) is 2.88. The molecule has 1 aliphatic heterocycles. The van der Waals surface area contributed by atoms with Crippen LogP contribution in [0.1, 0.15) is 44.0 Å². The summed E-state index contributed by atoms with van der Waals surface area (Å²) in [5.41, 5.74) is 0.907. The molecule has 21 heavy (non-hydrogen) atoms. The number of halogens is 1. The van der Waals surface area contributed by atoms with E-state index >= 15 is 0 Å². The van der Waals surface area contributed by atoms with Crippen molar-refractivity contribution < 1.29 is 9.13 Å². The molecule has 1 fully saturated rings. The number of aromatic nitrogens is 3. The highest BCUT2D eigenvalue weighted by Gasteiger charge is 2.32. The van der Waals surface area contributed by atoms with E-state index in [0.717, 1.165) is 30.8 Å². The van der Waals surface area contributed by atoms with E-state index < -0.39 is 0 Å². The molecule has 3 rings (SSSR count). The van der Waals surface area contributed by atoms with E-state index in [1.807, 2.05) is 4.68 Å². The van der Waals surface area contributed by atoms with Gasteiger partial charge < -0.3 is 4.74 Å². The predicted molar refractivity (Wildman–Crippen MR) is 77.5 cm³/mol. The predicted octanol–water partition coefficient (Wildman–Crippen LogP) is 3.14. The Morgan fingerprint density at radius 3 is 2.81 bits per heavy atom. The maximum atomic E-state index is 13.0. The molecule has 0 radical (unpaired) electrons. The summed E-state index contributed by atoms with van der Waals surface area (Å²) in [6.45, 7) is 5.59. The van der Waals surface area contributed by atoms with Crippen LogP contribution in [-0.4, -0.2) is 27.0 Å². The lowest BCUT2D eigenvalue weighted by Gasteiger charge is -2.35. The fourth-order valence-corrected chi connectivity index (χ4v) is 2.93. The quantitative estimate of drug-likeness (QED) is 0.871. The zero-order valence-corrected chi connectivity index (χ0v) is 12.4. The summed E-state index contributed by atoms with van der Waals surface area (Å²) in [5.74, 6) is 1.14. The maximum absolute atomic E-state index is 13.0. The fraction of sp³-hybridized carbons (Fsp3) is 0.500. The highest BCUT2D eigenvalue weighted by Crippen LogP contribution is 2.34. The minimum absolute atomic E-state index is 0.116. The number of benzene rings is 1. The van der Waals surface area contributed by atoms with Crippen molar-refractivity contribution in [1.29, 1.82) is 0 Å². The van der Waals surface area contributed by atoms with Crippen LogP contribution in [0.2, 0.25) is 0 Å². The van der Waals surface area contributed by atoms with Crippen molar-refractivity contribution >= 4 is 0 Å². The van der Waals surface area contributed by atoms with Crippen molar-refractivity contribution in [3.05, 3.63) is 47.8 Å². The average molecular weight is 289 g/mol. The lowest BCUT2D eigenvalue weighted by molar-refractivity contribution is -0.0607. The summed E-state index contributed by atoms with van der Waals surface area (Å²) in [6, 6.07) is 6.52. The van der Waals surface area contributed by atoms with Crippen LogP contribution in [0.25, 0.3) is 0 Å².